The highest BCUT2D eigenvalue weighted by molar-refractivity contribution is 6.46. The Balaban J connectivity index is 1.78. The molecule has 0 atom stereocenters. The number of nitrogens with zero attached hydrogens (tertiary/aromatic N) is 2. The van der Waals surface area contributed by atoms with Crippen LogP contribution in [-0.4, -0.2) is 25.9 Å². The molecule has 31 heavy (non-hydrogen) atoms. The van der Waals surface area contributed by atoms with Gasteiger partial charge in [-0.15, -0.1) is 0 Å². The topological polar surface area (TPSA) is 52.7 Å². The molecule has 0 bridgehead atoms. The Morgan fingerprint density at radius 3 is 2.16 bits per heavy atom. The zero-order valence-corrected chi connectivity index (χ0v) is 17.5. The first-order chi connectivity index (χ1) is 14.8. The third-order valence-corrected chi connectivity index (χ3v) is 5.14. The second-order valence-electron chi connectivity index (χ2n) is 7.61. The zero-order chi connectivity index (χ0) is 22.1. The lowest BCUT2D eigenvalue weighted by Gasteiger charge is -2.16. The van der Waals surface area contributed by atoms with E-state index in [0.29, 0.717) is 11.3 Å². The maximum atomic E-state index is 13.8. The summed E-state index contributed by atoms with van der Waals surface area (Å²) in [6, 6.07) is 20.4. The molecule has 2 amide bonds. The Morgan fingerprint density at radius 2 is 1.55 bits per heavy atom. The number of imide groups is 1. The number of carbonyl (C=O) groups excluding carboxylic acids is 2. The number of rotatable bonds is 5. The van der Waals surface area contributed by atoms with Gasteiger partial charge < -0.3 is 10.2 Å². The maximum Gasteiger partial charge on any atom is 0.282 e. The molecule has 156 valence electrons. The first-order valence-corrected chi connectivity index (χ1v) is 9.85. The molecule has 0 unspecified atom stereocenters. The molecule has 0 aromatic heterocycles. The van der Waals surface area contributed by atoms with Gasteiger partial charge >= 0.3 is 0 Å². The lowest BCUT2D eigenvalue weighted by Crippen LogP contribution is -2.32. The van der Waals surface area contributed by atoms with Gasteiger partial charge in [0.1, 0.15) is 11.5 Å². The summed E-state index contributed by atoms with van der Waals surface area (Å²) >= 11 is 0. The number of benzene rings is 3. The van der Waals surface area contributed by atoms with Crippen molar-refractivity contribution >= 4 is 34.4 Å². The minimum absolute atomic E-state index is 0.163. The molecule has 6 heteroatoms. The van der Waals surface area contributed by atoms with Crippen molar-refractivity contribution in [3.8, 4) is 0 Å². The Kier molecular flexibility index (Phi) is 5.29. The smallest absolute Gasteiger partial charge is 0.282 e. The van der Waals surface area contributed by atoms with Crippen molar-refractivity contribution in [1.29, 1.82) is 0 Å². The third-order valence-electron chi connectivity index (χ3n) is 5.14. The van der Waals surface area contributed by atoms with Gasteiger partial charge in [0, 0.05) is 25.5 Å². The van der Waals surface area contributed by atoms with E-state index in [-0.39, 0.29) is 17.0 Å². The van der Waals surface area contributed by atoms with Gasteiger partial charge in [-0.1, -0.05) is 35.9 Å². The molecule has 1 aliphatic rings. The molecule has 1 aliphatic heterocycles. The lowest BCUT2D eigenvalue weighted by atomic mass is 10.0. The quantitative estimate of drug-likeness (QED) is 0.619. The third kappa shape index (κ3) is 3.92. The number of hydrogen-bond acceptors (Lipinski definition) is 4. The standard InChI is InChI=1S/C25H22FN3O2/c1-16-7-9-17(10-8-16)22-23(27-19-11-13-20(14-12-19)28(2)3)25(31)29(24(22)30)21-6-4-5-18(26)15-21/h4-15,27H,1-3H3. The average molecular weight is 415 g/mol. The van der Waals surface area contributed by atoms with Gasteiger partial charge in [0.25, 0.3) is 11.8 Å². The first kappa shape index (κ1) is 20.3. The monoisotopic (exact) mass is 415 g/mol. The summed E-state index contributed by atoms with van der Waals surface area (Å²) in [4.78, 5) is 29.6. The van der Waals surface area contributed by atoms with Gasteiger partial charge in [0.2, 0.25) is 0 Å². The number of aryl methyl sites for hydroxylation is 1. The Hall–Kier alpha value is -3.93. The molecule has 3 aromatic rings. The van der Waals surface area contributed by atoms with E-state index in [9.17, 15) is 14.0 Å². The predicted molar refractivity (Wildman–Crippen MR) is 121 cm³/mol. The van der Waals surface area contributed by atoms with Gasteiger partial charge in [-0.3, -0.25) is 9.59 Å². The molecule has 0 aliphatic carbocycles. The molecule has 0 saturated heterocycles. The summed E-state index contributed by atoms with van der Waals surface area (Å²) in [5.41, 5.74) is 3.95. The molecular weight excluding hydrogens is 393 g/mol. The average Bonchev–Trinajstić information content (AvgIpc) is 2.98. The van der Waals surface area contributed by atoms with Crippen molar-refractivity contribution < 1.29 is 14.0 Å². The molecule has 1 N–H and O–H groups in total. The molecule has 5 nitrogen and oxygen atoms in total. The fourth-order valence-corrected chi connectivity index (χ4v) is 3.47. The normalized spacial score (nSPS) is 13.7. The van der Waals surface area contributed by atoms with Crippen molar-refractivity contribution in [2.45, 2.75) is 6.92 Å². The van der Waals surface area contributed by atoms with E-state index in [1.807, 2.05) is 74.4 Å². The minimum atomic E-state index is -0.525. The largest absolute Gasteiger partial charge is 0.378 e. The van der Waals surface area contributed by atoms with Gasteiger partial charge in [-0.2, -0.15) is 0 Å². The van der Waals surface area contributed by atoms with Crippen LogP contribution in [0.1, 0.15) is 11.1 Å². The molecular formula is C25H22FN3O2. The van der Waals surface area contributed by atoms with Crippen LogP contribution in [0.5, 0.6) is 0 Å². The fraction of sp³-hybridized carbons (Fsp3) is 0.120. The fourth-order valence-electron chi connectivity index (χ4n) is 3.47. The summed E-state index contributed by atoms with van der Waals surface area (Å²) in [7, 11) is 3.88. The number of halogens is 1. The van der Waals surface area contributed by atoms with Crippen LogP contribution >= 0.6 is 0 Å². The summed E-state index contributed by atoms with van der Waals surface area (Å²) in [6.45, 7) is 1.95. The highest BCUT2D eigenvalue weighted by Gasteiger charge is 2.40. The van der Waals surface area contributed by atoms with Crippen molar-refractivity contribution in [2.75, 3.05) is 29.2 Å². The van der Waals surface area contributed by atoms with E-state index in [1.165, 1.54) is 18.2 Å². The molecule has 0 spiro atoms. The molecule has 0 saturated carbocycles. The number of hydrogen-bond donors (Lipinski definition) is 1. The summed E-state index contributed by atoms with van der Waals surface area (Å²) < 4.78 is 13.8. The lowest BCUT2D eigenvalue weighted by molar-refractivity contribution is -0.120. The van der Waals surface area contributed by atoms with E-state index in [4.69, 9.17) is 0 Å². The van der Waals surface area contributed by atoms with Crippen LogP contribution in [0, 0.1) is 12.7 Å². The van der Waals surface area contributed by atoms with Crippen LogP contribution in [0.2, 0.25) is 0 Å². The van der Waals surface area contributed by atoms with Gasteiger partial charge in [0.05, 0.1) is 11.3 Å². The predicted octanol–water partition coefficient (Wildman–Crippen LogP) is 4.60. The van der Waals surface area contributed by atoms with Crippen molar-refractivity contribution in [3.05, 3.63) is 95.4 Å². The molecule has 4 rings (SSSR count). The van der Waals surface area contributed by atoms with Crippen LogP contribution in [0.4, 0.5) is 21.5 Å². The maximum absolute atomic E-state index is 13.8. The molecule has 0 radical (unpaired) electrons. The number of anilines is 3. The van der Waals surface area contributed by atoms with E-state index < -0.39 is 17.6 Å². The van der Waals surface area contributed by atoms with E-state index in [0.717, 1.165) is 16.2 Å². The van der Waals surface area contributed by atoms with Gasteiger partial charge in [-0.25, -0.2) is 9.29 Å². The summed E-state index contributed by atoms with van der Waals surface area (Å²) in [5.74, 6) is -1.54. The van der Waals surface area contributed by atoms with Crippen LogP contribution in [0.25, 0.3) is 5.57 Å². The second kappa shape index (κ2) is 8.07. The first-order valence-electron chi connectivity index (χ1n) is 9.85. The highest BCUT2D eigenvalue weighted by Crippen LogP contribution is 2.34. The summed E-state index contributed by atoms with van der Waals surface area (Å²) in [5, 5.41) is 3.12. The van der Waals surface area contributed by atoms with Crippen molar-refractivity contribution in [2.24, 2.45) is 0 Å². The van der Waals surface area contributed by atoms with Crippen LogP contribution < -0.4 is 15.1 Å². The van der Waals surface area contributed by atoms with Gasteiger partial charge in [-0.05, 0) is 55.0 Å². The van der Waals surface area contributed by atoms with Crippen molar-refractivity contribution in [3.63, 3.8) is 0 Å². The molecule has 0 fully saturated rings. The van der Waals surface area contributed by atoms with E-state index in [2.05, 4.69) is 5.32 Å². The number of amides is 2. The Labute approximate surface area is 180 Å². The van der Waals surface area contributed by atoms with Crippen molar-refractivity contribution in [1.82, 2.24) is 0 Å². The second-order valence-corrected chi connectivity index (χ2v) is 7.61. The van der Waals surface area contributed by atoms with Crippen LogP contribution in [0.3, 0.4) is 0 Å². The molecule has 1 heterocycles. The van der Waals surface area contributed by atoms with Crippen LogP contribution in [-0.2, 0) is 9.59 Å². The van der Waals surface area contributed by atoms with Crippen LogP contribution in [0.15, 0.2) is 78.5 Å². The SMILES string of the molecule is Cc1ccc(C2=C(Nc3ccc(N(C)C)cc3)C(=O)N(c3cccc(F)c3)C2=O)cc1. The Morgan fingerprint density at radius 1 is 0.871 bits per heavy atom. The number of nitrogens with one attached hydrogen (secondary N) is 1. The highest BCUT2D eigenvalue weighted by atomic mass is 19.1. The zero-order valence-electron chi connectivity index (χ0n) is 17.5. The number of carbonyl (C=O) groups is 2. The summed E-state index contributed by atoms with van der Waals surface area (Å²) in [6.07, 6.45) is 0. The van der Waals surface area contributed by atoms with E-state index >= 15 is 0 Å². The Bertz CT molecular complexity index is 1180. The van der Waals surface area contributed by atoms with Gasteiger partial charge in [0.15, 0.2) is 0 Å². The minimum Gasteiger partial charge on any atom is -0.378 e. The molecule has 3 aromatic carbocycles. The van der Waals surface area contributed by atoms with E-state index in [1.54, 1.807) is 6.07 Å².